The second kappa shape index (κ2) is 5.44. The summed E-state index contributed by atoms with van der Waals surface area (Å²) in [5, 5.41) is 5.87. The van der Waals surface area contributed by atoms with E-state index in [0.717, 1.165) is 15.9 Å². The minimum atomic E-state index is -0.0487. The molecule has 0 aromatic carbocycles. The molecule has 1 atom stereocenters. The number of hydrogen-bond donors (Lipinski definition) is 2. The van der Waals surface area contributed by atoms with E-state index < -0.39 is 0 Å². The van der Waals surface area contributed by atoms with Crippen molar-refractivity contribution in [1.29, 1.82) is 0 Å². The Labute approximate surface area is 105 Å². The zero-order valence-corrected chi connectivity index (χ0v) is 10.7. The van der Waals surface area contributed by atoms with Crippen molar-refractivity contribution in [2.75, 3.05) is 0 Å². The lowest BCUT2D eigenvalue weighted by Gasteiger charge is -2.11. The Bertz CT molecular complexity index is 430. The molecule has 5 nitrogen and oxygen atoms in total. The highest BCUT2D eigenvalue weighted by Gasteiger charge is 2.13. The quantitative estimate of drug-likeness (QED) is 0.660. The van der Waals surface area contributed by atoms with Crippen molar-refractivity contribution in [3.05, 3.63) is 39.6 Å². The molecule has 2 aromatic heterocycles. The van der Waals surface area contributed by atoms with Gasteiger partial charge in [0.15, 0.2) is 0 Å². The van der Waals surface area contributed by atoms with Gasteiger partial charge in [-0.2, -0.15) is 0 Å². The second-order valence-electron chi connectivity index (χ2n) is 3.22. The number of hydrazine groups is 1. The molecule has 2 heterocycles. The highest BCUT2D eigenvalue weighted by molar-refractivity contribution is 9.10. The maximum absolute atomic E-state index is 5.49. The zero-order valence-electron chi connectivity index (χ0n) is 8.30. The van der Waals surface area contributed by atoms with Gasteiger partial charge in [0.25, 0.3) is 0 Å². The SMILES string of the molecule is NNC(Cc1ccc(Br)cn1)c1csnn1. The van der Waals surface area contributed by atoms with Crippen molar-refractivity contribution in [3.8, 4) is 0 Å². The van der Waals surface area contributed by atoms with E-state index in [4.69, 9.17) is 5.84 Å². The molecule has 2 rings (SSSR count). The highest BCUT2D eigenvalue weighted by Crippen LogP contribution is 2.16. The Morgan fingerprint density at radius 3 is 2.94 bits per heavy atom. The average Bonchev–Trinajstić information content (AvgIpc) is 2.82. The molecule has 0 fully saturated rings. The summed E-state index contributed by atoms with van der Waals surface area (Å²) in [6, 6.07) is 3.86. The number of nitrogens with zero attached hydrogens (tertiary/aromatic N) is 3. The van der Waals surface area contributed by atoms with E-state index in [9.17, 15) is 0 Å². The largest absolute Gasteiger partial charge is 0.271 e. The van der Waals surface area contributed by atoms with Crippen LogP contribution in [0.3, 0.4) is 0 Å². The third kappa shape index (κ3) is 2.82. The van der Waals surface area contributed by atoms with E-state index in [2.05, 4.69) is 35.9 Å². The van der Waals surface area contributed by atoms with Gasteiger partial charge in [-0.3, -0.25) is 16.3 Å². The van der Waals surface area contributed by atoms with Crippen LogP contribution in [0.15, 0.2) is 28.2 Å². The van der Waals surface area contributed by atoms with Crippen LogP contribution >= 0.6 is 27.5 Å². The summed E-state index contributed by atoms with van der Waals surface area (Å²) < 4.78 is 4.78. The monoisotopic (exact) mass is 299 g/mol. The molecule has 0 radical (unpaired) electrons. The van der Waals surface area contributed by atoms with Crippen molar-refractivity contribution >= 4 is 27.5 Å². The van der Waals surface area contributed by atoms with Crippen molar-refractivity contribution in [2.24, 2.45) is 5.84 Å². The predicted molar refractivity (Wildman–Crippen MR) is 65.6 cm³/mol. The van der Waals surface area contributed by atoms with E-state index in [1.165, 1.54) is 11.5 Å². The molecule has 0 aliphatic heterocycles. The third-order valence-electron chi connectivity index (χ3n) is 2.14. The molecular weight excluding hydrogens is 290 g/mol. The van der Waals surface area contributed by atoms with Gasteiger partial charge in [-0.05, 0) is 39.6 Å². The molecule has 0 amide bonds. The summed E-state index contributed by atoms with van der Waals surface area (Å²) in [5.41, 5.74) is 4.52. The van der Waals surface area contributed by atoms with Gasteiger partial charge < -0.3 is 0 Å². The molecular formula is C9H10BrN5S. The van der Waals surface area contributed by atoms with Gasteiger partial charge >= 0.3 is 0 Å². The van der Waals surface area contributed by atoms with Gasteiger partial charge in [-0.1, -0.05) is 4.49 Å². The minimum absolute atomic E-state index is 0.0487. The number of nitrogens with two attached hydrogens (primary N) is 1. The van der Waals surface area contributed by atoms with Crippen molar-refractivity contribution < 1.29 is 0 Å². The highest BCUT2D eigenvalue weighted by atomic mass is 79.9. The lowest BCUT2D eigenvalue weighted by atomic mass is 10.1. The van der Waals surface area contributed by atoms with E-state index in [-0.39, 0.29) is 6.04 Å². The Balaban J connectivity index is 2.10. The van der Waals surface area contributed by atoms with E-state index in [0.29, 0.717) is 6.42 Å². The molecule has 0 saturated carbocycles. The Hall–Kier alpha value is -0.890. The van der Waals surface area contributed by atoms with E-state index >= 15 is 0 Å². The molecule has 0 saturated heterocycles. The summed E-state index contributed by atoms with van der Waals surface area (Å²) in [4.78, 5) is 4.29. The first kappa shape index (κ1) is 11.6. The van der Waals surface area contributed by atoms with Gasteiger partial charge in [-0.15, -0.1) is 5.10 Å². The maximum atomic E-state index is 5.49. The summed E-state index contributed by atoms with van der Waals surface area (Å²) >= 11 is 4.66. The molecule has 1 unspecified atom stereocenters. The topological polar surface area (TPSA) is 76.7 Å². The van der Waals surface area contributed by atoms with Crippen LogP contribution in [0.4, 0.5) is 0 Å². The van der Waals surface area contributed by atoms with Crippen LogP contribution in [0.1, 0.15) is 17.4 Å². The van der Waals surface area contributed by atoms with Crippen molar-refractivity contribution in [3.63, 3.8) is 0 Å². The normalized spacial score (nSPS) is 12.6. The number of nitrogens with one attached hydrogen (secondary N) is 1. The Kier molecular flexibility index (Phi) is 3.94. The summed E-state index contributed by atoms with van der Waals surface area (Å²) in [5.74, 6) is 5.49. The van der Waals surface area contributed by atoms with Crippen LogP contribution in [0, 0.1) is 0 Å². The first-order valence-electron chi connectivity index (χ1n) is 4.63. The van der Waals surface area contributed by atoms with Gasteiger partial charge in [0, 0.05) is 28.2 Å². The fourth-order valence-electron chi connectivity index (χ4n) is 1.31. The van der Waals surface area contributed by atoms with Gasteiger partial charge in [0.1, 0.15) is 0 Å². The molecule has 0 bridgehead atoms. The molecule has 3 N–H and O–H groups in total. The van der Waals surface area contributed by atoms with Crippen LogP contribution in [-0.4, -0.2) is 14.6 Å². The Morgan fingerprint density at radius 1 is 1.50 bits per heavy atom. The standard InChI is InChI=1S/C9H10BrN5S/c10-6-1-2-7(12-4-6)3-8(13-11)9-5-16-15-14-9/h1-2,4-5,8,13H,3,11H2. The van der Waals surface area contributed by atoms with Crippen molar-refractivity contribution in [1.82, 2.24) is 20.0 Å². The second-order valence-corrected chi connectivity index (χ2v) is 4.75. The lowest BCUT2D eigenvalue weighted by molar-refractivity contribution is 0.531. The first-order chi connectivity index (χ1) is 7.79. The molecule has 0 aliphatic rings. The maximum Gasteiger partial charge on any atom is 0.0942 e. The molecule has 0 aliphatic carbocycles. The van der Waals surface area contributed by atoms with Crippen molar-refractivity contribution in [2.45, 2.75) is 12.5 Å². The van der Waals surface area contributed by atoms with Gasteiger partial charge in [0.2, 0.25) is 0 Å². The molecule has 84 valence electrons. The Morgan fingerprint density at radius 2 is 2.38 bits per heavy atom. The number of pyridine rings is 1. The number of hydrogen-bond acceptors (Lipinski definition) is 6. The average molecular weight is 300 g/mol. The zero-order chi connectivity index (χ0) is 11.4. The molecule has 7 heteroatoms. The first-order valence-corrected chi connectivity index (χ1v) is 6.26. The van der Waals surface area contributed by atoms with Crippen LogP contribution in [0.25, 0.3) is 0 Å². The number of aromatic nitrogens is 3. The van der Waals surface area contributed by atoms with Crippen LogP contribution in [-0.2, 0) is 6.42 Å². The van der Waals surface area contributed by atoms with Gasteiger partial charge in [-0.25, -0.2) is 0 Å². The lowest BCUT2D eigenvalue weighted by Crippen LogP contribution is -2.30. The van der Waals surface area contributed by atoms with Crippen LogP contribution in [0.2, 0.25) is 0 Å². The molecule has 0 spiro atoms. The fourth-order valence-corrected chi connectivity index (χ4v) is 2.05. The smallest absolute Gasteiger partial charge is 0.0942 e. The number of rotatable bonds is 4. The number of halogens is 1. The van der Waals surface area contributed by atoms with E-state index in [1.807, 2.05) is 17.5 Å². The van der Waals surface area contributed by atoms with Crippen LogP contribution < -0.4 is 11.3 Å². The summed E-state index contributed by atoms with van der Waals surface area (Å²) in [6.07, 6.45) is 2.46. The molecule has 16 heavy (non-hydrogen) atoms. The predicted octanol–water partition coefficient (Wildman–Crippen LogP) is 1.44. The van der Waals surface area contributed by atoms with Crippen LogP contribution in [0.5, 0.6) is 0 Å². The fraction of sp³-hybridized carbons (Fsp3) is 0.222. The molecule has 2 aromatic rings. The summed E-state index contributed by atoms with van der Waals surface area (Å²) in [7, 11) is 0. The summed E-state index contributed by atoms with van der Waals surface area (Å²) in [6.45, 7) is 0. The van der Waals surface area contributed by atoms with Gasteiger partial charge in [0.05, 0.1) is 11.7 Å². The minimum Gasteiger partial charge on any atom is -0.271 e. The van der Waals surface area contributed by atoms with E-state index in [1.54, 1.807) is 6.20 Å². The third-order valence-corrected chi connectivity index (χ3v) is 3.13.